The van der Waals surface area contributed by atoms with Gasteiger partial charge in [-0.3, -0.25) is 10.1 Å². The van der Waals surface area contributed by atoms with E-state index in [9.17, 15) is 13.2 Å². The third kappa shape index (κ3) is 7.40. The van der Waals surface area contributed by atoms with Crippen molar-refractivity contribution in [2.45, 2.75) is 44.6 Å². The normalized spacial score (nSPS) is 11.6. The second kappa shape index (κ2) is 10.0. The van der Waals surface area contributed by atoms with Crippen molar-refractivity contribution in [2.75, 3.05) is 11.9 Å². The number of carbonyl (C=O) groups excluding carboxylic acids is 1. The van der Waals surface area contributed by atoms with Crippen molar-refractivity contribution in [3.63, 3.8) is 0 Å². The monoisotopic (exact) mass is 449 g/mol. The second-order valence-electron chi connectivity index (χ2n) is 7.66. The van der Waals surface area contributed by atoms with Crippen LogP contribution in [0.4, 0.5) is 5.69 Å². The maximum Gasteiger partial charge on any atom is 0.257 e. The molecule has 0 atom stereocenters. The minimum atomic E-state index is -3.62. The van der Waals surface area contributed by atoms with Crippen LogP contribution >= 0.6 is 12.2 Å². The first kappa shape index (κ1) is 23.8. The molecule has 2 rings (SSSR count). The average molecular weight is 450 g/mol. The lowest BCUT2D eigenvalue weighted by Crippen LogP contribution is -2.40. The molecule has 0 heterocycles. The number of carbonyl (C=O) groups is 1. The minimum absolute atomic E-state index is 0.100. The number of rotatable bonds is 7. The fourth-order valence-electron chi connectivity index (χ4n) is 2.46. The molecule has 0 aliphatic rings. The summed E-state index contributed by atoms with van der Waals surface area (Å²) in [5.41, 5.74) is 0.387. The molecule has 2 aromatic carbocycles. The molecule has 3 N–H and O–H groups in total. The molecule has 0 fully saturated rings. The van der Waals surface area contributed by atoms with Crippen molar-refractivity contribution < 1.29 is 17.9 Å². The first-order valence-corrected chi connectivity index (χ1v) is 11.4. The maximum atomic E-state index is 12.4. The van der Waals surface area contributed by atoms with Gasteiger partial charge in [-0.1, -0.05) is 13.0 Å². The van der Waals surface area contributed by atoms with Crippen LogP contribution in [-0.2, 0) is 10.0 Å². The van der Waals surface area contributed by atoms with Crippen LogP contribution in [0.25, 0.3) is 0 Å². The van der Waals surface area contributed by atoms with Crippen LogP contribution in [0.1, 0.15) is 44.5 Å². The Morgan fingerprint density at radius 1 is 1.10 bits per heavy atom. The Morgan fingerprint density at radius 2 is 1.77 bits per heavy atom. The lowest BCUT2D eigenvalue weighted by molar-refractivity contribution is 0.0977. The topological polar surface area (TPSA) is 96.5 Å². The molecule has 0 radical (unpaired) electrons. The second-order valence-corrected chi connectivity index (χ2v) is 9.76. The zero-order valence-electron chi connectivity index (χ0n) is 17.5. The highest BCUT2D eigenvalue weighted by Crippen LogP contribution is 2.17. The summed E-state index contributed by atoms with van der Waals surface area (Å²) in [4.78, 5) is 12.5. The summed E-state index contributed by atoms with van der Waals surface area (Å²) in [5.74, 6) is 0.243. The molecule has 2 aromatic rings. The van der Waals surface area contributed by atoms with Crippen LogP contribution in [-0.4, -0.2) is 31.6 Å². The van der Waals surface area contributed by atoms with E-state index in [-0.39, 0.29) is 15.9 Å². The zero-order valence-corrected chi connectivity index (χ0v) is 19.1. The van der Waals surface area contributed by atoms with E-state index in [1.807, 2.05) is 6.92 Å². The summed E-state index contributed by atoms with van der Waals surface area (Å²) < 4.78 is 32.8. The molecule has 0 aliphatic carbocycles. The lowest BCUT2D eigenvalue weighted by atomic mass is 10.1. The Bertz CT molecular complexity index is 998. The molecule has 0 aliphatic heterocycles. The number of amides is 1. The van der Waals surface area contributed by atoms with Gasteiger partial charge in [-0.05, 0) is 81.9 Å². The molecule has 7 nitrogen and oxygen atoms in total. The van der Waals surface area contributed by atoms with Crippen molar-refractivity contribution in [2.24, 2.45) is 0 Å². The number of thiocarbonyl (C=S) groups is 1. The molecule has 0 saturated heterocycles. The fraction of sp³-hybridized carbons (Fsp3) is 0.333. The van der Waals surface area contributed by atoms with Gasteiger partial charge in [-0.25, -0.2) is 13.1 Å². The summed E-state index contributed by atoms with van der Waals surface area (Å²) in [5, 5.41) is 5.57. The van der Waals surface area contributed by atoms with Gasteiger partial charge in [0.2, 0.25) is 10.0 Å². The summed E-state index contributed by atoms with van der Waals surface area (Å²) in [6.45, 7) is 7.89. The largest absolute Gasteiger partial charge is 0.494 e. The number of anilines is 1. The van der Waals surface area contributed by atoms with E-state index in [1.54, 1.807) is 57.2 Å². The van der Waals surface area contributed by atoms with Crippen molar-refractivity contribution in [3.05, 3.63) is 54.1 Å². The van der Waals surface area contributed by atoms with Crippen molar-refractivity contribution in [3.8, 4) is 5.75 Å². The van der Waals surface area contributed by atoms with Gasteiger partial charge >= 0.3 is 0 Å². The Kier molecular flexibility index (Phi) is 7.94. The fourth-order valence-corrected chi connectivity index (χ4v) is 4.09. The van der Waals surface area contributed by atoms with Crippen molar-refractivity contribution >= 4 is 38.9 Å². The van der Waals surface area contributed by atoms with Crippen molar-refractivity contribution in [1.29, 1.82) is 0 Å². The average Bonchev–Trinajstić information content (AvgIpc) is 2.65. The highest BCUT2D eigenvalue weighted by Gasteiger charge is 2.21. The van der Waals surface area contributed by atoms with E-state index in [2.05, 4.69) is 15.4 Å². The summed E-state index contributed by atoms with van der Waals surface area (Å²) in [7, 11) is -3.62. The Labute approximate surface area is 183 Å². The van der Waals surface area contributed by atoms with Crippen LogP contribution in [0.3, 0.4) is 0 Å². The van der Waals surface area contributed by atoms with E-state index in [0.29, 0.717) is 23.6 Å². The van der Waals surface area contributed by atoms with Gasteiger partial charge in [0.25, 0.3) is 5.91 Å². The quantitative estimate of drug-likeness (QED) is 0.558. The standard InChI is InChI=1S/C21H27N3O4S2/c1-5-13-28-17-8-6-7-15(14-17)19(25)23-20(29)22-16-9-11-18(12-10-16)30(26,27)24-21(2,3)4/h6-12,14,24H,5,13H2,1-4H3,(H2,22,23,25,29). The van der Waals surface area contributed by atoms with E-state index >= 15 is 0 Å². The third-order valence-electron chi connectivity index (χ3n) is 3.66. The van der Waals surface area contributed by atoms with E-state index in [0.717, 1.165) is 6.42 Å². The smallest absolute Gasteiger partial charge is 0.257 e. The molecule has 1 amide bonds. The Morgan fingerprint density at radius 3 is 2.37 bits per heavy atom. The zero-order chi connectivity index (χ0) is 22.4. The molecule has 0 unspecified atom stereocenters. The maximum absolute atomic E-state index is 12.4. The van der Waals surface area contributed by atoms with Gasteiger partial charge in [-0.15, -0.1) is 0 Å². The van der Waals surface area contributed by atoms with Crippen molar-refractivity contribution in [1.82, 2.24) is 10.0 Å². The van der Waals surface area contributed by atoms with Gasteiger partial charge in [0.15, 0.2) is 5.11 Å². The number of sulfonamides is 1. The highest BCUT2D eigenvalue weighted by molar-refractivity contribution is 7.89. The predicted molar refractivity (Wildman–Crippen MR) is 122 cm³/mol. The Hall–Kier alpha value is -2.49. The van der Waals surface area contributed by atoms with Crippen LogP contribution in [0.2, 0.25) is 0 Å². The molecule has 0 saturated carbocycles. The number of hydrogen-bond acceptors (Lipinski definition) is 5. The predicted octanol–water partition coefficient (Wildman–Crippen LogP) is 3.68. The molecular weight excluding hydrogens is 422 g/mol. The van der Waals surface area contributed by atoms with E-state index < -0.39 is 15.6 Å². The molecule has 30 heavy (non-hydrogen) atoms. The molecule has 0 spiro atoms. The van der Waals surface area contributed by atoms with Gasteiger partial charge in [-0.2, -0.15) is 0 Å². The summed E-state index contributed by atoms with van der Waals surface area (Å²) in [6.07, 6.45) is 0.872. The molecule has 9 heteroatoms. The molecular formula is C21H27N3O4S2. The van der Waals surface area contributed by atoms with Gasteiger partial charge in [0, 0.05) is 16.8 Å². The van der Waals surface area contributed by atoms with Crippen LogP contribution in [0, 0.1) is 0 Å². The van der Waals surface area contributed by atoms with Gasteiger partial charge < -0.3 is 10.1 Å². The van der Waals surface area contributed by atoms with Crippen LogP contribution in [0.5, 0.6) is 5.75 Å². The third-order valence-corrected chi connectivity index (χ3v) is 5.64. The van der Waals surface area contributed by atoms with E-state index in [1.165, 1.54) is 12.1 Å². The highest BCUT2D eigenvalue weighted by atomic mass is 32.2. The number of ether oxygens (including phenoxy) is 1. The van der Waals surface area contributed by atoms with E-state index in [4.69, 9.17) is 17.0 Å². The van der Waals surface area contributed by atoms with Gasteiger partial charge in [0.1, 0.15) is 5.75 Å². The van der Waals surface area contributed by atoms with Gasteiger partial charge in [0.05, 0.1) is 11.5 Å². The lowest BCUT2D eigenvalue weighted by Gasteiger charge is -2.20. The van der Waals surface area contributed by atoms with Crippen LogP contribution < -0.4 is 20.1 Å². The summed E-state index contributed by atoms with van der Waals surface area (Å²) in [6, 6.07) is 12.9. The SMILES string of the molecule is CCCOc1cccc(C(=O)NC(=S)Nc2ccc(S(=O)(=O)NC(C)(C)C)cc2)c1. The molecule has 0 bridgehead atoms. The molecule has 0 aromatic heterocycles. The summed E-state index contributed by atoms with van der Waals surface area (Å²) >= 11 is 5.19. The van der Waals surface area contributed by atoms with Crippen LogP contribution in [0.15, 0.2) is 53.4 Å². The Balaban J connectivity index is 1.99. The first-order valence-electron chi connectivity index (χ1n) is 9.49. The molecule has 162 valence electrons. The number of benzene rings is 2. The number of nitrogens with one attached hydrogen (secondary N) is 3. The minimum Gasteiger partial charge on any atom is -0.494 e. The first-order chi connectivity index (χ1) is 14.0. The number of hydrogen-bond donors (Lipinski definition) is 3.